The second kappa shape index (κ2) is 13.4. The number of carbonyl (C=O) groups excluding carboxylic acids is 2. The lowest BCUT2D eigenvalue weighted by Crippen LogP contribution is -2.49. The van der Waals surface area contributed by atoms with Crippen molar-refractivity contribution < 1.29 is 29.0 Å². The van der Waals surface area contributed by atoms with Crippen LogP contribution in [-0.4, -0.2) is 73.0 Å². The van der Waals surface area contributed by atoms with Gasteiger partial charge < -0.3 is 25.2 Å². The predicted octanol–water partition coefficient (Wildman–Crippen LogP) is 3.78. The normalized spacial score (nSPS) is 17.2. The van der Waals surface area contributed by atoms with Gasteiger partial charge in [0.05, 0.1) is 19.1 Å². The highest BCUT2D eigenvalue weighted by atomic mass is 16.5. The van der Waals surface area contributed by atoms with Gasteiger partial charge in [-0.05, 0) is 34.2 Å². The molecular formula is C32H35N3O6. The van der Waals surface area contributed by atoms with Crippen molar-refractivity contribution in [2.24, 2.45) is 0 Å². The monoisotopic (exact) mass is 557 g/mol. The van der Waals surface area contributed by atoms with Crippen molar-refractivity contribution in [3.8, 4) is 11.1 Å². The number of ether oxygens (including phenoxy) is 2. The van der Waals surface area contributed by atoms with Gasteiger partial charge in [0, 0.05) is 32.1 Å². The van der Waals surface area contributed by atoms with Crippen molar-refractivity contribution in [3.05, 3.63) is 95.6 Å². The molecule has 1 aliphatic heterocycles. The number of alkyl carbamates (subject to hydrolysis) is 1. The minimum atomic E-state index is -1.26. The molecule has 1 heterocycles. The minimum absolute atomic E-state index is 0.0548. The number of aliphatic carboxylic acids is 1. The number of fused-ring (bicyclic) bond motifs is 3. The van der Waals surface area contributed by atoms with Crippen LogP contribution >= 0.6 is 0 Å². The maximum absolute atomic E-state index is 12.9. The summed E-state index contributed by atoms with van der Waals surface area (Å²) in [6.07, 6.45) is -0.871. The number of rotatable bonds is 11. The van der Waals surface area contributed by atoms with E-state index in [0.717, 1.165) is 41.9 Å². The largest absolute Gasteiger partial charge is 0.481 e. The fraction of sp³-hybridized carbons (Fsp3) is 0.344. The van der Waals surface area contributed by atoms with Crippen molar-refractivity contribution in [1.82, 2.24) is 15.5 Å². The Morgan fingerprint density at radius 1 is 0.951 bits per heavy atom. The molecule has 1 fully saturated rings. The number of amides is 2. The van der Waals surface area contributed by atoms with Gasteiger partial charge in [0.25, 0.3) is 0 Å². The topological polar surface area (TPSA) is 117 Å². The molecule has 5 rings (SSSR count). The first-order valence-electron chi connectivity index (χ1n) is 14.0. The Kier molecular flexibility index (Phi) is 9.28. The van der Waals surface area contributed by atoms with E-state index in [9.17, 15) is 19.5 Å². The zero-order valence-corrected chi connectivity index (χ0v) is 22.8. The molecule has 2 atom stereocenters. The van der Waals surface area contributed by atoms with Crippen molar-refractivity contribution in [1.29, 1.82) is 0 Å². The summed E-state index contributed by atoms with van der Waals surface area (Å²) in [6, 6.07) is 24.9. The number of nitrogens with zero attached hydrogens (tertiary/aromatic N) is 1. The summed E-state index contributed by atoms with van der Waals surface area (Å²) in [5.74, 6) is -1.91. The number of carboxylic acid groups (broad SMARTS) is 1. The molecule has 3 N–H and O–H groups in total. The van der Waals surface area contributed by atoms with Gasteiger partial charge in [0.2, 0.25) is 5.91 Å². The first kappa shape index (κ1) is 28.3. The Bertz CT molecular complexity index is 1320. The Labute approximate surface area is 239 Å². The average molecular weight is 558 g/mol. The molecule has 3 aromatic carbocycles. The lowest BCUT2D eigenvalue weighted by atomic mass is 9.98. The van der Waals surface area contributed by atoms with E-state index in [1.54, 1.807) is 0 Å². The molecule has 1 saturated heterocycles. The number of carboxylic acids is 1. The van der Waals surface area contributed by atoms with E-state index in [2.05, 4.69) is 27.7 Å². The number of hydrogen-bond acceptors (Lipinski definition) is 6. The minimum Gasteiger partial charge on any atom is -0.481 e. The van der Waals surface area contributed by atoms with Crippen LogP contribution in [0, 0.1) is 0 Å². The van der Waals surface area contributed by atoms with E-state index in [4.69, 9.17) is 9.47 Å². The van der Waals surface area contributed by atoms with Crippen LogP contribution < -0.4 is 10.6 Å². The third-order valence-corrected chi connectivity index (χ3v) is 7.57. The molecule has 0 aromatic heterocycles. The molecule has 0 bridgehead atoms. The number of hydrogen-bond donors (Lipinski definition) is 3. The highest BCUT2D eigenvalue weighted by molar-refractivity contribution is 5.89. The molecule has 3 aromatic rings. The van der Waals surface area contributed by atoms with E-state index in [1.165, 1.54) is 5.56 Å². The van der Waals surface area contributed by atoms with E-state index in [-0.39, 0.29) is 18.6 Å². The van der Waals surface area contributed by atoms with E-state index in [1.807, 2.05) is 66.7 Å². The first-order valence-corrected chi connectivity index (χ1v) is 14.0. The summed E-state index contributed by atoms with van der Waals surface area (Å²) in [6.45, 7) is 3.38. The first-order chi connectivity index (χ1) is 20.0. The molecule has 0 saturated carbocycles. The lowest BCUT2D eigenvalue weighted by Gasteiger charge is -2.33. The molecule has 1 aliphatic carbocycles. The van der Waals surface area contributed by atoms with Crippen LogP contribution in [0.25, 0.3) is 11.1 Å². The summed E-state index contributed by atoms with van der Waals surface area (Å²) in [5, 5.41) is 14.6. The standard InChI is InChI=1S/C32H35N3O6/c36-30(37)18-29(31(38)33-15-14-23-20-35(16-17-40-23)19-22-8-2-1-3-9-22)34-32(39)41-21-28-26-12-6-4-10-24(26)25-11-5-7-13-27(25)28/h1-13,23,28-29H,14-21H2,(H,33,38)(H,34,39)(H,36,37). The quantitative estimate of drug-likeness (QED) is 0.329. The fourth-order valence-corrected chi connectivity index (χ4v) is 5.59. The molecule has 41 heavy (non-hydrogen) atoms. The summed E-state index contributed by atoms with van der Waals surface area (Å²) >= 11 is 0. The molecule has 2 aliphatic rings. The third kappa shape index (κ3) is 7.31. The Morgan fingerprint density at radius 3 is 2.29 bits per heavy atom. The second-order valence-corrected chi connectivity index (χ2v) is 10.4. The maximum atomic E-state index is 12.9. The Balaban J connectivity index is 1.10. The van der Waals surface area contributed by atoms with Crippen molar-refractivity contribution >= 4 is 18.0 Å². The van der Waals surface area contributed by atoms with Crippen LogP contribution in [-0.2, 0) is 25.6 Å². The summed E-state index contributed by atoms with van der Waals surface area (Å²) in [7, 11) is 0. The van der Waals surface area contributed by atoms with Crippen molar-refractivity contribution in [3.63, 3.8) is 0 Å². The number of nitrogens with one attached hydrogen (secondary N) is 2. The van der Waals surface area contributed by atoms with Gasteiger partial charge in [-0.1, -0.05) is 78.9 Å². The summed E-state index contributed by atoms with van der Waals surface area (Å²) in [4.78, 5) is 39.3. The van der Waals surface area contributed by atoms with Crippen LogP contribution in [0.2, 0.25) is 0 Å². The highest BCUT2D eigenvalue weighted by Gasteiger charge is 2.30. The average Bonchev–Trinajstić information content (AvgIpc) is 3.30. The molecule has 0 radical (unpaired) electrons. The lowest BCUT2D eigenvalue weighted by molar-refractivity contribution is -0.139. The van der Waals surface area contributed by atoms with Crippen LogP contribution in [0.3, 0.4) is 0 Å². The molecule has 0 spiro atoms. The van der Waals surface area contributed by atoms with Gasteiger partial charge >= 0.3 is 12.1 Å². The molecular weight excluding hydrogens is 522 g/mol. The van der Waals surface area contributed by atoms with Crippen LogP contribution in [0.1, 0.15) is 35.4 Å². The number of carbonyl (C=O) groups is 3. The summed E-state index contributed by atoms with van der Waals surface area (Å²) < 4.78 is 11.4. The van der Waals surface area contributed by atoms with Crippen LogP contribution in [0.5, 0.6) is 0 Å². The molecule has 9 nitrogen and oxygen atoms in total. The smallest absolute Gasteiger partial charge is 0.407 e. The number of morpholine rings is 1. The molecule has 2 amide bonds. The van der Waals surface area contributed by atoms with Gasteiger partial charge in [-0.2, -0.15) is 0 Å². The Hall–Kier alpha value is -4.21. The van der Waals surface area contributed by atoms with E-state index < -0.39 is 30.4 Å². The highest BCUT2D eigenvalue weighted by Crippen LogP contribution is 2.44. The number of benzene rings is 3. The second-order valence-electron chi connectivity index (χ2n) is 10.4. The predicted molar refractivity (Wildman–Crippen MR) is 153 cm³/mol. The van der Waals surface area contributed by atoms with Gasteiger partial charge in [0.1, 0.15) is 12.6 Å². The Morgan fingerprint density at radius 2 is 1.61 bits per heavy atom. The zero-order chi connectivity index (χ0) is 28.6. The van der Waals surface area contributed by atoms with Crippen LogP contribution in [0.4, 0.5) is 4.79 Å². The van der Waals surface area contributed by atoms with Gasteiger partial charge in [0.15, 0.2) is 0 Å². The van der Waals surface area contributed by atoms with Gasteiger partial charge in [-0.3, -0.25) is 14.5 Å². The maximum Gasteiger partial charge on any atom is 0.407 e. The van der Waals surface area contributed by atoms with Gasteiger partial charge in [-0.15, -0.1) is 0 Å². The fourth-order valence-electron chi connectivity index (χ4n) is 5.59. The zero-order valence-electron chi connectivity index (χ0n) is 22.8. The third-order valence-electron chi connectivity index (χ3n) is 7.57. The SMILES string of the molecule is O=C(O)CC(NC(=O)OCC1c2ccccc2-c2ccccc21)C(=O)NCCC1CN(Cc2ccccc2)CCO1. The van der Waals surface area contributed by atoms with Gasteiger partial charge in [-0.25, -0.2) is 4.79 Å². The van der Waals surface area contributed by atoms with E-state index in [0.29, 0.717) is 19.6 Å². The molecule has 2 unspecified atom stereocenters. The van der Waals surface area contributed by atoms with Crippen molar-refractivity contribution in [2.75, 3.05) is 32.8 Å². The molecule has 214 valence electrons. The molecule has 9 heteroatoms. The summed E-state index contributed by atoms with van der Waals surface area (Å²) in [5.41, 5.74) is 5.57. The van der Waals surface area contributed by atoms with Crippen LogP contribution in [0.15, 0.2) is 78.9 Å². The van der Waals surface area contributed by atoms with Crippen molar-refractivity contribution in [2.45, 2.75) is 37.5 Å². The van der Waals surface area contributed by atoms with E-state index >= 15 is 0 Å².